The van der Waals surface area contributed by atoms with Crippen molar-refractivity contribution in [3.8, 4) is 0 Å². The molecule has 2 aliphatic rings. The molecule has 1 amide bonds. The topological polar surface area (TPSA) is 55.1 Å². The van der Waals surface area contributed by atoms with Crippen molar-refractivity contribution in [2.75, 3.05) is 0 Å². The van der Waals surface area contributed by atoms with Crippen molar-refractivity contribution in [2.45, 2.75) is 62.4 Å². The van der Waals surface area contributed by atoms with Crippen molar-refractivity contribution in [1.29, 1.82) is 0 Å². The van der Waals surface area contributed by atoms with Gasteiger partial charge >= 0.3 is 0 Å². The smallest absolute Gasteiger partial charge is 0.230 e. The Hall–Kier alpha value is -0.580. The lowest BCUT2D eigenvalue weighted by molar-refractivity contribution is -0.130. The molecular formula is C17H24BrClN2O. The zero-order valence-corrected chi connectivity index (χ0v) is 15.1. The van der Waals surface area contributed by atoms with Crippen LogP contribution in [0.2, 0.25) is 0 Å². The summed E-state index contributed by atoms with van der Waals surface area (Å²) in [5, 5.41) is 3.29. The monoisotopic (exact) mass is 386 g/mol. The van der Waals surface area contributed by atoms with E-state index in [-0.39, 0.29) is 23.7 Å². The standard InChI is InChI=1S/C17H23BrN2O.ClH/c18-13-4-2-12(3-5-13)17(10-1-11-17)16(21)20-15-8-6-14(19)7-9-15;/h2-5,14-15H,1,6-11,19H2,(H,20,21);1H. The second-order valence-corrected chi connectivity index (χ2v) is 7.44. The number of halogens is 2. The number of carbonyl (C=O) groups is 1. The molecule has 2 saturated carbocycles. The molecule has 3 rings (SSSR count). The number of hydrogen-bond donors (Lipinski definition) is 2. The molecule has 0 saturated heterocycles. The number of amides is 1. The first-order valence-corrected chi connectivity index (χ1v) is 8.72. The molecule has 3 N–H and O–H groups in total. The molecule has 0 unspecified atom stereocenters. The highest BCUT2D eigenvalue weighted by atomic mass is 79.9. The molecule has 3 nitrogen and oxygen atoms in total. The van der Waals surface area contributed by atoms with Crippen LogP contribution >= 0.6 is 28.3 Å². The summed E-state index contributed by atoms with van der Waals surface area (Å²) in [5.74, 6) is 0.219. The molecule has 0 radical (unpaired) electrons. The molecule has 122 valence electrons. The lowest BCUT2D eigenvalue weighted by Gasteiger charge is -2.42. The third kappa shape index (κ3) is 3.50. The van der Waals surface area contributed by atoms with Crippen LogP contribution in [0.1, 0.15) is 50.5 Å². The first-order valence-electron chi connectivity index (χ1n) is 7.93. The Balaban J connectivity index is 0.00000176. The first kappa shape index (κ1) is 17.8. The lowest BCUT2D eigenvalue weighted by atomic mass is 9.63. The average Bonchev–Trinajstić information content (AvgIpc) is 2.42. The third-order valence-corrected chi connectivity index (χ3v) is 5.67. The van der Waals surface area contributed by atoms with Crippen molar-refractivity contribution in [3.05, 3.63) is 34.3 Å². The Labute approximate surface area is 147 Å². The van der Waals surface area contributed by atoms with Gasteiger partial charge in [0, 0.05) is 16.6 Å². The Morgan fingerprint density at radius 1 is 1.14 bits per heavy atom. The van der Waals surface area contributed by atoms with Gasteiger partial charge in [0.05, 0.1) is 5.41 Å². The highest BCUT2D eigenvalue weighted by Crippen LogP contribution is 2.44. The van der Waals surface area contributed by atoms with Crippen LogP contribution in [0.15, 0.2) is 28.7 Å². The normalized spacial score (nSPS) is 26.5. The molecule has 0 bridgehead atoms. The van der Waals surface area contributed by atoms with Gasteiger partial charge in [-0.15, -0.1) is 12.4 Å². The molecule has 0 heterocycles. The largest absolute Gasteiger partial charge is 0.353 e. The minimum atomic E-state index is -0.291. The van der Waals surface area contributed by atoms with Gasteiger partial charge in [-0.1, -0.05) is 34.5 Å². The molecule has 22 heavy (non-hydrogen) atoms. The van der Waals surface area contributed by atoms with Crippen LogP contribution in [-0.4, -0.2) is 18.0 Å². The van der Waals surface area contributed by atoms with Crippen LogP contribution in [0.5, 0.6) is 0 Å². The van der Waals surface area contributed by atoms with Gasteiger partial charge in [0.15, 0.2) is 0 Å². The summed E-state index contributed by atoms with van der Waals surface area (Å²) in [5.41, 5.74) is 6.80. The van der Waals surface area contributed by atoms with E-state index in [0.717, 1.165) is 55.0 Å². The van der Waals surface area contributed by atoms with Crippen molar-refractivity contribution in [1.82, 2.24) is 5.32 Å². The predicted molar refractivity (Wildman–Crippen MR) is 95.3 cm³/mol. The van der Waals surface area contributed by atoms with Gasteiger partial charge in [-0.05, 0) is 56.2 Å². The minimum absolute atomic E-state index is 0. The number of carbonyl (C=O) groups excluding carboxylic acids is 1. The zero-order chi connectivity index (χ0) is 14.9. The molecule has 0 aliphatic heterocycles. The van der Waals surface area contributed by atoms with Gasteiger partial charge in [0.25, 0.3) is 0 Å². The van der Waals surface area contributed by atoms with Crippen LogP contribution < -0.4 is 11.1 Å². The van der Waals surface area contributed by atoms with Gasteiger partial charge < -0.3 is 11.1 Å². The molecular weight excluding hydrogens is 364 g/mol. The molecule has 0 aromatic heterocycles. The number of rotatable bonds is 3. The molecule has 2 aliphatic carbocycles. The maximum absolute atomic E-state index is 12.8. The van der Waals surface area contributed by atoms with E-state index in [1.54, 1.807) is 0 Å². The quantitative estimate of drug-likeness (QED) is 0.831. The first-order chi connectivity index (χ1) is 10.1. The Morgan fingerprint density at radius 2 is 1.73 bits per heavy atom. The van der Waals surface area contributed by atoms with E-state index >= 15 is 0 Å². The molecule has 2 fully saturated rings. The van der Waals surface area contributed by atoms with E-state index in [2.05, 4.69) is 33.4 Å². The molecule has 0 spiro atoms. The zero-order valence-electron chi connectivity index (χ0n) is 12.7. The lowest BCUT2D eigenvalue weighted by Crippen LogP contribution is -2.53. The SMILES string of the molecule is Cl.NC1CCC(NC(=O)C2(c3ccc(Br)cc3)CCC2)CC1. The minimum Gasteiger partial charge on any atom is -0.353 e. The molecule has 1 aromatic carbocycles. The van der Waals surface area contributed by atoms with Gasteiger partial charge in [0.2, 0.25) is 5.91 Å². The van der Waals surface area contributed by atoms with Crippen LogP contribution in [0.3, 0.4) is 0 Å². The number of nitrogens with one attached hydrogen (secondary N) is 1. The Morgan fingerprint density at radius 3 is 2.23 bits per heavy atom. The maximum atomic E-state index is 12.8. The fourth-order valence-electron chi connectivity index (χ4n) is 3.53. The summed E-state index contributed by atoms with van der Waals surface area (Å²) in [6, 6.07) is 8.86. The highest BCUT2D eigenvalue weighted by Gasteiger charge is 2.46. The molecule has 0 atom stereocenters. The summed E-state index contributed by atoms with van der Waals surface area (Å²) in [4.78, 5) is 12.8. The second-order valence-electron chi connectivity index (χ2n) is 6.53. The van der Waals surface area contributed by atoms with Crippen LogP contribution in [0.25, 0.3) is 0 Å². The number of benzene rings is 1. The van der Waals surface area contributed by atoms with E-state index in [9.17, 15) is 4.79 Å². The summed E-state index contributed by atoms with van der Waals surface area (Å²) in [6.07, 6.45) is 7.15. The van der Waals surface area contributed by atoms with E-state index in [0.29, 0.717) is 12.1 Å². The van der Waals surface area contributed by atoms with Crippen molar-refractivity contribution in [2.24, 2.45) is 5.73 Å². The maximum Gasteiger partial charge on any atom is 0.230 e. The van der Waals surface area contributed by atoms with Crippen LogP contribution in [-0.2, 0) is 10.2 Å². The van der Waals surface area contributed by atoms with Gasteiger partial charge in [-0.3, -0.25) is 4.79 Å². The van der Waals surface area contributed by atoms with Crippen LogP contribution in [0.4, 0.5) is 0 Å². The Kier molecular flexibility index (Phi) is 5.92. The van der Waals surface area contributed by atoms with E-state index < -0.39 is 0 Å². The fraction of sp³-hybridized carbons (Fsp3) is 0.588. The second kappa shape index (κ2) is 7.33. The van der Waals surface area contributed by atoms with Gasteiger partial charge in [-0.2, -0.15) is 0 Å². The van der Waals surface area contributed by atoms with Crippen LogP contribution in [0, 0.1) is 0 Å². The Bertz CT molecular complexity index is 508. The summed E-state index contributed by atoms with van der Waals surface area (Å²) in [7, 11) is 0. The highest BCUT2D eigenvalue weighted by molar-refractivity contribution is 9.10. The van der Waals surface area contributed by atoms with Gasteiger partial charge in [0.1, 0.15) is 0 Å². The predicted octanol–water partition coefficient (Wildman–Crippen LogP) is 3.68. The van der Waals surface area contributed by atoms with Crippen molar-refractivity contribution < 1.29 is 4.79 Å². The van der Waals surface area contributed by atoms with Crippen molar-refractivity contribution in [3.63, 3.8) is 0 Å². The molecule has 5 heteroatoms. The van der Waals surface area contributed by atoms with E-state index in [1.807, 2.05) is 12.1 Å². The van der Waals surface area contributed by atoms with E-state index in [1.165, 1.54) is 0 Å². The third-order valence-electron chi connectivity index (χ3n) is 5.15. The summed E-state index contributed by atoms with van der Waals surface area (Å²) >= 11 is 3.46. The van der Waals surface area contributed by atoms with Crippen molar-refractivity contribution >= 4 is 34.2 Å². The average molecular weight is 388 g/mol. The van der Waals surface area contributed by atoms with Gasteiger partial charge in [-0.25, -0.2) is 0 Å². The van der Waals surface area contributed by atoms with E-state index in [4.69, 9.17) is 5.73 Å². The number of hydrogen-bond acceptors (Lipinski definition) is 2. The summed E-state index contributed by atoms with van der Waals surface area (Å²) in [6.45, 7) is 0. The summed E-state index contributed by atoms with van der Waals surface area (Å²) < 4.78 is 1.06. The number of nitrogens with two attached hydrogens (primary N) is 1. The molecule has 1 aromatic rings. The fourth-order valence-corrected chi connectivity index (χ4v) is 3.80.